The van der Waals surface area contributed by atoms with Crippen molar-refractivity contribution in [1.82, 2.24) is 14.8 Å². The van der Waals surface area contributed by atoms with Crippen LogP contribution in [0.25, 0.3) is 16.7 Å². The average Bonchev–Trinajstić information content (AvgIpc) is 3.18. The van der Waals surface area contributed by atoms with E-state index in [1.165, 1.54) is 10.9 Å². The van der Waals surface area contributed by atoms with E-state index in [0.717, 1.165) is 34.2 Å². The van der Waals surface area contributed by atoms with Crippen LogP contribution < -0.4 is 5.32 Å². The Bertz CT molecular complexity index is 1400. The van der Waals surface area contributed by atoms with Crippen LogP contribution in [0.15, 0.2) is 48.7 Å². The van der Waals surface area contributed by atoms with Gasteiger partial charge in [-0.15, -0.1) is 0 Å². The number of hydrogen-bond donors (Lipinski definition) is 1. The Morgan fingerprint density at radius 3 is 2.58 bits per heavy atom. The minimum absolute atomic E-state index is 0.0305. The number of nitrogens with zero attached hydrogens (tertiary/aromatic N) is 3. The van der Waals surface area contributed by atoms with E-state index in [-0.39, 0.29) is 18.0 Å². The van der Waals surface area contributed by atoms with Crippen LogP contribution in [0.1, 0.15) is 38.8 Å². The number of nitrogens with one attached hydrogen (secondary N) is 1. The molecule has 0 radical (unpaired) electrons. The largest absolute Gasteiger partial charge is 0.462 e. The summed E-state index contributed by atoms with van der Waals surface area (Å²) in [5.74, 6) is -3.14. The van der Waals surface area contributed by atoms with Gasteiger partial charge in [0.2, 0.25) is 0 Å². The number of amides is 1. The lowest BCUT2D eigenvalue weighted by atomic mass is 10.1. The van der Waals surface area contributed by atoms with E-state index in [4.69, 9.17) is 4.74 Å². The van der Waals surface area contributed by atoms with Crippen molar-refractivity contribution in [3.8, 4) is 5.82 Å². The summed E-state index contributed by atoms with van der Waals surface area (Å²) in [5, 5.41) is 7.70. The molecule has 33 heavy (non-hydrogen) atoms. The van der Waals surface area contributed by atoms with Gasteiger partial charge in [0.25, 0.3) is 5.91 Å². The van der Waals surface area contributed by atoms with Crippen molar-refractivity contribution in [1.29, 1.82) is 0 Å². The van der Waals surface area contributed by atoms with Crippen molar-refractivity contribution < 1.29 is 23.1 Å². The summed E-state index contributed by atoms with van der Waals surface area (Å²) >= 11 is 0. The summed E-state index contributed by atoms with van der Waals surface area (Å²) in [6.45, 7) is 5.59. The number of pyridine rings is 1. The van der Waals surface area contributed by atoms with Gasteiger partial charge in [-0.3, -0.25) is 4.79 Å². The zero-order chi connectivity index (χ0) is 23.7. The molecule has 0 unspecified atom stereocenters. The van der Waals surface area contributed by atoms with Crippen LogP contribution in [0.5, 0.6) is 0 Å². The first-order chi connectivity index (χ1) is 15.8. The van der Waals surface area contributed by atoms with Crippen molar-refractivity contribution in [2.75, 3.05) is 11.9 Å². The number of benzene rings is 2. The van der Waals surface area contributed by atoms with E-state index in [1.807, 2.05) is 32.0 Å². The first-order valence-electron chi connectivity index (χ1n) is 10.2. The quantitative estimate of drug-likeness (QED) is 0.444. The van der Waals surface area contributed by atoms with Crippen molar-refractivity contribution in [3.05, 3.63) is 82.5 Å². The predicted octanol–water partition coefficient (Wildman–Crippen LogP) is 4.74. The van der Waals surface area contributed by atoms with Crippen LogP contribution >= 0.6 is 0 Å². The van der Waals surface area contributed by atoms with Gasteiger partial charge in [-0.1, -0.05) is 18.2 Å². The zero-order valence-corrected chi connectivity index (χ0v) is 18.1. The number of para-hydroxylation sites is 1. The molecule has 0 bridgehead atoms. The number of aromatic nitrogens is 3. The second-order valence-corrected chi connectivity index (χ2v) is 7.39. The van der Waals surface area contributed by atoms with Gasteiger partial charge in [0.1, 0.15) is 17.2 Å². The van der Waals surface area contributed by atoms with Gasteiger partial charge in [0.05, 0.1) is 23.9 Å². The number of carbonyl (C=O) groups excluding carboxylic acids is 2. The van der Waals surface area contributed by atoms with E-state index in [2.05, 4.69) is 15.4 Å². The van der Waals surface area contributed by atoms with Crippen LogP contribution in [-0.4, -0.2) is 33.2 Å². The molecule has 0 fully saturated rings. The maximum atomic E-state index is 14.2. The Kier molecular flexibility index (Phi) is 5.87. The van der Waals surface area contributed by atoms with Gasteiger partial charge in [0, 0.05) is 11.5 Å². The molecule has 0 saturated heterocycles. The van der Waals surface area contributed by atoms with Gasteiger partial charge in [0.15, 0.2) is 11.6 Å². The molecule has 4 aromatic rings. The van der Waals surface area contributed by atoms with Gasteiger partial charge in [-0.05, 0) is 50.1 Å². The van der Waals surface area contributed by atoms with Gasteiger partial charge in [-0.2, -0.15) is 9.78 Å². The fraction of sp³-hybridized carbons (Fsp3) is 0.167. The number of esters is 1. The lowest BCUT2D eigenvalue weighted by Crippen LogP contribution is -2.19. The number of halogens is 2. The summed E-state index contributed by atoms with van der Waals surface area (Å²) in [6.07, 6.45) is 1.24. The van der Waals surface area contributed by atoms with Crippen molar-refractivity contribution in [3.63, 3.8) is 0 Å². The number of hydrogen-bond acceptors (Lipinski definition) is 5. The van der Waals surface area contributed by atoms with E-state index >= 15 is 0 Å². The highest BCUT2D eigenvalue weighted by atomic mass is 19.1. The molecular weight excluding hydrogens is 430 g/mol. The van der Waals surface area contributed by atoms with Crippen LogP contribution in [0.4, 0.5) is 14.6 Å². The molecule has 0 spiro atoms. The topological polar surface area (TPSA) is 86.1 Å². The summed E-state index contributed by atoms with van der Waals surface area (Å²) in [6, 6.07) is 10.2. The molecule has 0 aliphatic heterocycles. The molecule has 2 aromatic heterocycles. The Morgan fingerprint density at radius 2 is 1.85 bits per heavy atom. The minimum atomic E-state index is -1.04. The fourth-order valence-corrected chi connectivity index (χ4v) is 3.50. The monoisotopic (exact) mass is 450 g/mol. The standard InChI is InChI=1S/C24H20F2N4O3/c1-4-33-24(32)18-12-27-30(20-10-14(3)16-7-5-6-13(2)21(16)28-20)22(18)29-23(31)17-9-8-15(25)11-19(17)26/h5-12H,4H2,1-3H3,(H,29,31). The van der Waals surface area contributed by atoms with Crippen LogP contribution in [0, 0.1) is 25.5 Å². The molecular formula is C24H20F2N4O3. The van der Waals surface area contributed by atoms with Crippen molar-refractivity contribution in [2.24, 2.45) is 0 Å². The Hall–Kier alpha value is -4.14. The van der Waals surface area contributed by atoms with Crippen molar-refractivity contribution >= 4 is 28.6 Å². The molecule has 0 saturated carbocycles. The third-order valence-electron chi connectivity index (χ3n) is 5.12. The van der Waals surface area contributed by atoms with Gasteiger partial charge in [-0.25, -0.2) is 18.6 Å². The number of ether oxygens (including phenoxy) is 1. The number of aryl methyl sites for hydroxylation is 2. The highest BCUT2D eigenvalue weighted by Gasteiger charge is 2.24. The summed E-state index contributed by atoms with van der Waals surface area (Å²) in [5.41, 5.74) is 2.17. The summed E-state index contributed by atoms with van der Waals surface area (Å²) in [7, 11) is 0. The maximum absolute atomic E-state index is 14.2. The normalized spacial score (nSPS) is 10.9. The van der Waals surface area contributed by atoms with Crippen LogP contribution in [-0.2, 0) is 4.74 Å². The molecule has 9 heteroatoms. The van der Waals surface area contributed by atoms with Gasteiger partial charge < -0.3 is 10.1 Å². The maximum Gasteiger partial charge on any atom is 0.343 e. The highest BCUT2D eigenvalue weighted by molar-refractivity contribution is 6.07. The summed E-state index contributed by atoms with van der Waals surface area (Å²) < 4.78 is 33.8. The molecule has 1 N–H and O–H groups in total. The van der Waals surface area contributed by atoms with E-state index in [9.17, 15) is 18.4 Å². The number of anilines is 1. The predicted molar refractivity (Wildman–Crippen MR) is 119 cm³/mol. The first kappa shape index (κ1) is 22.1. The number of fused-ring (bicyclic) bond motifs is 1. The van der Waals surface area contributed by atoms with Crippen molar-refractivity contribution in [2.45, 2.75) is 20.8 Å². The number of carbonyl (C=O) groups is 2. The lowest BCUT2D eigenvalue weighted by molar-refractivity contribution is 0.0527. The Balaban J connectivity index is 1.85. The second-order valence-electron chi connectivity index (χ2n) is 7.39. The van der Waals surface area contributed by atoms with E-state index in [0.29, 0.717) is 11.9 Å². The first-order valence-corrected chi connectivity index (χ1v) is 10.2. The number of rotatable bonds is 5. The third-order valence-corrected chi connectivity index (χ3v) is 5.12. The molecule has 2 aromatic carbocycles. The highest BCUT2D eigenvalue weighted by Crippen LogP contribution is 2.26. The molecule has 2 heterocycles. The Morgan fingerprint density at radius 1 is 1.06 bits per heavy atom. The van der Waals surface area contributed by atoms with Crippen LogP contribution in [0.2, 0.25) is 0 Å². The molecule has 1 amide bonds. The average molecular weight is 450 g/mol. The molecule has 0 aliphatic rings. The van der Waals surface area contributed by atoms with Crippen LogP contribution in [0.3, 0.4) is 0 Å². The fourth-order valence-electron chi connectivity index (χ4n) is 3.50. The van der Waals surface area contributed by atoms with E-state index < -0.39 is 29.1 Å². The summed E-state index contributed by atoms with van der Waals surface area (Å²) in [4.78, 5) is 30.0. The molecule has 0 aliphatic carbocycles. The molecule has 4 rings (SSSR count). The molecule has 168 valence electrons. The van der Waals surface area contributed by atoms with E-state index in [1.54, 1.807) is 13.0 Å². The smallest absolute Gasteiger partial charge is 0.343 e. The lowest BCUT2D eigenvalue weighted by Gasteiger charge is -2.13. The third kappa shape index (κ3) is 4.17. The molecule has 7 nitrogen and oxygen atoms in total. The minimum Gasteiger partial charge on any atom is -0.462 e. The SMILES string of the molecule is CCOC(=O)c1cnn(-c2cc(C)c3cccc(C)c3n2)c1NC(=O)c1ccc(F)cc1F. The second kappa shape index (κ2) is 8.78. The zero-order valence-electron chi connectivity index (χ0n) is 18.1. The van der Waals surface area contributed by atoms with Gasteiger partial charge >= 0.3 is 5.97 Å². The molecule has 0 atom stereocenters. The Labute approximate surface area is 188 Å².